The van der Waals surface area contributed by atoms with Gasteiger partial charge in [-0.3, -0.25) is 4.79 Å². The molecule has 0 aliphatic rings. The van der Waals surface area contributed by atoms with Crippen LogP contribution in [-0.4, -0.2) is 32.9 Å². The van der Waals surface area contributed by atoms with Crippen molar-refractivity contribution in [1.29, 1.82) is 0 Å². The molecule has 0 aliphatic carbocycles. The zero-order chi connectivity index (χ0) is 18.2. The number of hydrogen-bond acceptors (Lipinski definition) is 5. The lowest BCUT2D eigenvalue weighted by Crippen LogP contribution is -2.17. The van der Waals surface area contributed by atoms with Crippen molar-refractivity contribution in [3.8, 4) is 11.5 Å². The molecule has 0 unspecified atom stereocenters. The molecule has 7 heteroatoms. The molecule has 0 aliphatic heterocycles. The average Bonchev–Trinajstić information content (AvgIpc) is 2.61. The minimum Gasteiger partial charge on any atom is -0.497 e. The Labute approximate surface area is 151 Å². The maximum Gasteiger partial charge on any atom is 0.265 e. The summed E-state index contributed by atoms with van der Waals surface area (Å²) in [5, 5.41) is 7.06. The number of aryl methyl sites for hydroxylation is 1. The number of halogens is 1. The Hall–Kier alpha value is -2.73. The van der Waals surface area contributed by atoms with Gasteiger partial charge in [0.25, 0.3) is 5.91 Å². The van der Waals surface area contributed by atoms with Crippen molar-refractivity contribution < 1.29 is 19.1 Å². The molecule has 132 valence electrons. The van der Waals surface area contributed by atoms with Gasteiger partial charge in [-0.15, -0.1) is 0 Å². The normalized spacial score (nSPS) is 10.6. The van der Waals surface area contributed by atoms with Gasteiger partial charge in [-0.1, -0.05) is 22.8 Å². The van der Waals surface area contributed by atoms with Crippen molar-refractivity contribution in [2.24, 2.45) is 5.16 Å². The summed E-state index contributed by atoms with van der Waals surface area (Å²) in [5.41, 5.74) is 2.21. The largest absolute Gasteiger partial charge is 0.497 e. The first-order valence-electron chi connectivity index (χ1n) is 7.47. The van der Waals surface area contributed by atoms with Crippen LogP contribution in [0.5, 0.6) is 11.5 Å². The van der Waals surface area contributed by atoms with E-state index in [9.17, 15) is 4.79 Å². The molecule has 2 aromatic rings. The van der Waals surface area contributed by atoms with E-state index < -0.39 is 0 Å². The smallest absolute Gasteiger partial charge is 0.265 e. The van der Waals surface area contributed by atoms with E-state index in [1.54, 1.807) is 44.6 Å². The Morgan fingerprint density at radius 2 is 2.00 bits per heavy atom. The van der Waals surface area contributed by atoms with Gasteiger partial charge in [0, 0.05) is 16.3 Å². The maximum atomic E-state index is 11.8. The molecule has 25 heavy (non-hydrogen) atoms. The van der Waals surface area contributed by atoms with E-state index in [1.807, 2.05) is 13.0 Å². The predicted molar refractivity (Wildman–Crippen MR) is 97.9 cm³/mol. The van der Waals surface area contributed by atoms with Gasteiger partial charge in [-0.2, -0.15) is 0 Å². The summed E-state index contributed by atoms with van der Waals surface area (Å²) in [6, 6.07) is 10.6. The Morgan fingerprint density at radius 1 is 1.20 bits per heavy atom. The Balaban J connectivity index is 1.90. The standard InChI is InChI=1S/C18H19ClN2O4/c1-12-4-5-14(9-16(12)19)21-18(22)11-25-20-10-13-8-15(23-2)6-7-17(13)24-3/h4-10H,11H2,1-3H3,(H,21,22)/b20-10+. The molecule has 2 aromatic carbocycles. The third-order valence-electron chi connectivity index (χ3n) is 3.35. The second-order valence-electron chi connectivity index (χ2n) is 5.13. The zero-order valence-electron chi connectivity index (χ0n) is 14.2. The van der Waals surface area contributed by atoms with Crippen molar-refractivity contribution >= 4 is 29.4 Å². The fourth-order valence-corrected chi connectivity index (χ4v) is 2.18. The molecule has 0 atom stereocenters. The van der Waals surface area contributed by atoms with Gasteiger partial charge in [0.2, 0.25) is 0 Å². The molecule has 0 saturated carbocycles. The van der Waals surface area contributed by atoms with E-state index in [2.05, 4.69) is 10.5 Å². The number of carbonyl (C=O) groups is 1. The molecule has 0 radical (unpaired) electrons. The van der Waals surface area contributed by atoms with Crippen molar-refractivity contribution in [3.63, 3.8) is 0 Å². The van der Waals surface area contributed by atoms with Crippen molar-refractivity contribution in [2.75, 3.05) is 26.1 Å². The maximum absolute atomic E-state index is 11.8. The number of nitrogens with one attached hydrogen (secondary N) is 1. The number of hydrogen-bond donors (Lipinski definition) is 1. The van der Waals surface area contributed by atoms with Gasteiger partial charge < -0.3 is 19.6 Å². The first-order valence-corrected chi connectivity index (χ1v) is 7.84. The van der Waals surface area contributed by atoms with Crippen molar-refractivity contribution in [1.82, 2.24) is 0 Å². The highest BCUT2D eigenvalue weighted by atomic mass is 35.5. The highest BCUT2D eigenvalue weighted by Crippen LogP contribution is 2.22. The lowest BCUT2D eigenvalue weighted by Gasteiger charge is -2.07. The van der Waals surface area contributed by atoms with Crippen LogP contribution in [0.4, 0.5) is 5.69 Å². The molecule has 6 nitrogen and oxygen atoms in total. The summed E-state index contributed by atoms with van der Waals surface area (Å²) < 4.78 is 10.4. The molecule has 0 saturated heterocycles. The first kappa shape index (κ1) is 18.6. The number of anilines is 1. The summed E-state index contributed by atoms with van der Waals surface area (Å²) in [7, 11) is 3.13. The summed E-state index contributed by atoms with van der Waals surface area (Å²) in [4.78, 5) is 16.9. The molecule has 0 heterocycles. The predicted octanol–water partition coefficient (Wildman–Crippen LogP) is 3.65. The van der Waals surface area contributed by atoms with Crippen LogP contribution >= 0.6 is 11.6 Å². The number of methoxy groups -OCH3 is 2. The monoisotopic (exact) mass is 362 g/mol. The van der Waals surface area contributed by atoms with Crippen LogP contribution in [0.1, 0.15) is 11.1 Å². The van der Waals surface area contributed by atoms with Crippen LogP contribution < -0.4 is 14.8 Å². The van der Waals surface area contributed by atoms with Crippen LogP contribution in [0.3, 0.4) is 0 Å². The number of benzene rings is 2. The summed E-state index contributed by atoms with van der Waals surface area (Å²) >= 11 is 6.02. The van der Waals surface area contributed by atoms with Gasteiger partial charge in [-0.05, 0) is 42.8 Å². The zero-order valence-corrected chi connectivity index (χ0v) is 15.0. The Morgan fingerprint density at radius 3 is 2.68 bits per heavy atom. The number of oxime groups is 1. The molecule has 1 amide bonds. The van der Waals surface area contributed by atoms with E-state index in [4.69, 9.17) is 25.9 Å². The van der Waals surface area contributed by atoms with Crippen LogP contribution in [0.15, 0.2) is 41.6 Å². The van der Waals surface area contributed by atoms with Crippen LogP contribution in [0.2, 0.25) is 5.02 Å². The lowest BCUT2D eigenvalue weighted by molar-refractivity contribution is -0.120. The second-order valence-corrected chi connectivity index (χ2v) is 5.54. The number of ether oxygens (including phenoxy) is 2. The van der Waals surface area contributed by atoms with Crippen LogP contribution in [-0.2, 0) is 9.63 Å². The molecule has 0 bridgehead atoms. The van der Waals surface area contributed by atoms with E-state index in [0.29, 0.717) is 27.8 Å². The van der Waals surface area contributed by atoms with Gasteiger partial charge in [-0.25, -0.2) is 0 Å². The molecule has 0 aromatic heterocycles. The molecular formula is C18H19ClN2O4. The average molecular weight is 363 g/mol. The fourth-order valence-electron chi connectivity index (χ4n) is 2.00. The van der Waals surface area contributed by atoms with Crippen molar-refractivity contribution in [2.45, 2.75) is 6.92 Å². The van der Waals surface area contributed by atoms with Gasteiger partial charge >= 0.3 is 0 Å². The third-order valence-corrected chi connectivity index (χ3v) is 3.76. The summed E-state index contributed by atoms with van der Waals surface area (Å²) in [5.74, 6) is 0.942. The Kier molecular flexibility index (Phi) is 6.65. The lowest BCUT2D eigenvalue weighted by atomic mass is 10.2. The second kappa shape index (κ2) is 8.94. The van der Waals surface area contributed by atoms with E-state index in [-0.39, 0.29) is 12.5 Å². The minimum atomic E-state index is -0.338. The van der Waals surface area contributed by atoms with Crippen LogP contribution in [0.25, 0.3) is 0 Å². The van der Waals surface area contributed by atoms with E-state index >= 15 is 0 Å². The third kappa shape index (κ3) is 5.39. The van der Waals surface area contributed by atoms with Gasteiger partial charge in [0.05, 0.1) is 20.4 Å². The Bertz CT molecular complexity index is 778. The number of carbonyl (C=O) groups excluding carboxylic acids is 1. The van der Waals surface area contributed by atoms with Crippen LogP contribution in [0, 0.1) is 6.92 Å². The molecular weight excluding hydrogens is 344 g/mol. The topological polar surface area (TPSA) is 69.1 Å². The summed E-state index contributed by atoms with van der Waals surface area (Å²) in [6.07, 6.45) is 1.46. The van der Waals surface area contributed by atoms with E-state index in [0.717, 1.165) is 5.56 Å². The van der Waals surface area contributed by atoms with Crippen molar-refractivity contribution in [3.05, 3.63) is 52.5 Å². The first-order chi connectivity index (χ1) is 12.0. The van der Waals surface area contributed by atoms with E-state index in [1.165, 1.54) is 6.21 Å². The number of nitrogens with zero attached hydrogens (tertiary/aromatic N) is 1. The molecule has 1 N–H and O–H groups in total. The minimum absolute atomic E-state index is 0.228. The highest BCUT2D eigenvalue weighted by Gasteiger charge is 2.05. The van der Waals surface area contributed by atoms with Gasteiger partial charge in [0.1, 0.15) is 11.5 Å². The number of rotatable bonds is 7. The molecule has 0 spiro atoms. The fraction of sp³-hybridized carbons (Fsp3) is 0.222. The molecule has 0 fully saturated rings. The molecule has 2 rings (SSSR count). The highest BCUT2D eigenvalue weighted by molar-refractivity contribution is 6.31. The summed E-state index contributed by atoms with van der Waals surface area (Å²) in [6.45, 7) is 1.66. The quantitative estimate of drug-likeness (QED) is 0.603. The number of amides is 1. The SMILES string of the molecule is COc1ccc(OC)c(/C=N/OCC(=O)Nc2ccc(C)c(Cl)c2)c1. The van der Waals surface area contributed by atoms with Gasteiger partial charge in [0.15, 0.2) is 6.61 Å².